The van der Waals surface area contributed by atoms with Crippen molar-refractivity contribution in [1.82, 2.24) is 10.2 Å². The molecule has 6 heteroatoms. The molecular formula is C12H10Cl2FN3. The lowest BCUT2D eigenvalue weighted by Gasteiger charge is -2.19. The summed E-state index contributed by atoms with van der Waals surface area (Å²) < 4.78 is 13.1. The van der Waals surface area contributed by atoms with Crippen LogP contribution in [0.5, 0.6) is 0 Å². The van der Waals surface area contributed by atoms with Gasteiger partial charge in [-0.25, -0.2) is 4.39 Å². The fraction of sp³-hybridized carbons (Fsp3) is 0.167. The quantitative estimate of drug-likeness (QED) is 0.864. The van der Waals surface area contributed by atoms with Gasteiger partial charge in [0.2, 0.25) is 0 Å². The average molecular weight is 286 g/mol. The minimum Gasteiger partial charge on any atom is -0.368 e. The molecular weight excluding hydrogens is 276 g/mol. The average Bonchev–Trinajstić information content (AvgIpc) is 2.32. The molecule has 0 spiro atoms. The first-order valence-corrected chi connectivity index (χ1v) is 5.96. The van der Waals surface area contributed by atoms with Crippen LogP contribution in [0.1, 0.15) is 5.56 Å². The molecule has 0 bridgehead atoms. The highest BCUT2D eigenvalue weighted by Crippen LogP contribution is 2.25. The standard InChI is InChI=1S/C12H10Cl2FN3/c1-18(7-8-3-2-4-9(15)5-8)10-6-11(13)16-17-12(10)14/h2-6H,7H2,1H3. The van der Waals surface area contributed by atoms with Crippen molar-refractivity contribution in [3.05, 3.63) is 52.0 Å². The Balaban J connectivity index is 2.21. The Hall–Kier alpha value is -1.39. The fourth-order valence-corrected chi connectivity index (χ4v) is 1.98. The van der Waals surface area contributed by atoms with Crippen LogP contribution in [0.4, 0.5) is 10.1 Å². The predicted octanol–water partition coefficient (Wildman–Crippen LogP) is 3.56. The SMILES string of the molecule is CN(Cc1cccc(F)c1)c1cc(Cl)nnc1Cl. The van der Waals surface area contributed by atoms with Crippen LogP contribution >= 0.6 is 23.2 Å². The zero-order valence-corrected chi connectivity index (χ0v) is 11.1. The third-order valence-electron chi connectivity index (χ3n) is 2.42. The number of hydrogen-bond donors (Lipinski definition) is 0. The number of nitrogens with zero attached hydrogens (tertiary/aromatic N) is 3. The summed E-state index contributed by atoms with van der Waals surface area (Å²) in [6.45, 7) is 0.500. The van der Waals surface area contributed by atoms with Crippen molar-refractivity contribution in [3.8, 4) is 0 Å². The minimum atomic E-state index is -0.266. The molecule has 0 aliphatic carbocycles. The highest BCUT2D eigenvalue weighted by molar-refractivity contribution is 6.33. The van der Waals surface area contributed by atoms with Crippen LogP contribution in [0, 0.1) is 5.82 Å². The van der Waals surface area contributed by atoms with Crippen molar-refractivity contribution in [2.75, 3.05) is 11.9 Å². The van der Waals surface area contributed by atoms with Crippen molar-refractivity contribution in [3.63, 3.8) is 0 Å². The molecule has 0 saturated carbocycles. The molecule has 0 saturated heterocycles. The first-order chi connectivity index (χ1) is 8.56. The Bertz CT molecular complexity index is 563. The van der Waals surface area contributed by atoms with E-state index in [0.29, 0.717) is 12.2 Å². The summed E-state index contributed by atoms with van der Waals surface area (Å²) in [4.78, 5) is 1.83. The van der Waals surface area contributed by atoms with Crippen molar-refractivity contribution < 1.29 is 4.39 Å². The topological polar surface area (TPSA) is 29.0 Å². The lowest BCUT2D eigenvalue weighted by Crippen LogP contribution is -2.17. The molecule has 2 rings (SSSR count). The van der Waals surface area contributed by atoms with E-state index in [2.05, 4.69) is 10.2 Å². The molecule has 18 heavy (non-hydrogen) atoms. The van der Waals surface area contributed by atoms with Crippen LogP contribution in [-0.4, -0.2) is 17.2 Å². The fourth-order valence-electron chi connectivity index (χ4n) is 1.61. The second-order valence-electron chi connectivity index (χ2n) is 3.83. The number of benzene rings is 1. The third kappa shape index (κ3) is 3.09. The largest absolute Gasteiger partial charge is 0.368 e. The molecule has 2 aromatic rings. The predicted molar refractivity (Wildman–Crippen MR) is 70.6 cm³/mol. The van der Waals surface area contributed by atoms with Gasteiger partial charge in [0, 0.05) is 19.7 Å². The van der Waals surface area contributed by atoms with Crippen molar-refractivity contribution in [2.45, 2.75) is 6.54 Å². The minimum absolute atomic E-state index is 0.262. The van der Waals surface area contributed by atoms with Crippen LogP contribution in [0.2, 0.25) is 10.3 Å². The van der Waals surface area contributed by atoms with Gasteiger partial charge in [-0.15, -0.1) is 10.2 Å². The molecule has 3 nitrogen and oxygen atoms in total. The van der Waals surface area contributed by atoms with E-state index >= 15 is 0 Å². The van der Waals surface area contributed by atoms with E-state index < -0.39 is 0 Å². The molecule has 0 fully saturated rings. The Morgan fingerprint density at radius 3 is 2.72 bits per heavy atom. The van der Waals surface area contributed by atoms with Crippen LogP contribution in [0.15, 0.2) is 30.3 Å². The summed E-state index contributed by atoms with van der Waals surface area (Å²) in [5.41, 5.74) is 1.49. The molecule has 0 radical (unpaired) electrons. The van der Waals surface area contributed by atoms with E-state index in [1.165, 1.54) is 12.1 Å². The van der Waals surface area contributed by atoms with Gasteiger partial charge in [-0.1, -0.05) is 35.3 Å². The lowest BCUT2D eigenvalue weighted by molar-refractivity contribution is 0.625. The second kappa shape index (κ2) is 5.50. The summed E-state index contributed by atoms with van der Waals surface area (Å²) in [5, 5.41) is 7.89. The molecule has 0 aliphatic rings. The maximum absolute atomic E-state index is 13.1. The van der Waals surface area contributed by atoms with E-state index in [4.69, 9.17) is 23.2 Å². The van der Waals surface area contributed by atoms with Gasteiger partial charge in [0.25, 0.3) is 0 Å². The van der Waals surface area contributed by atoms with Gasteiger partial charge >= 0.3 is 0 Å². The van der Waals surface area contributed by atoms with E-state index in [0.717, 1.165) is 5.56 Å². The first-order valence-electron chi connectivity index (χ1n) is 5.20. The summed E-state index contributed by atoms with van der Waals surface area (Å²) in [6.07, 6.45) is 0. The molecule has 1 heterocycles. The molecule has 94 valence electrons. The molecule has 0 unspecified atom stereocenters. The van der Waals surface area contributed by atoms with Gasteiger partial charge in [-0.3, -0.25) is 0 Å². The molecule has 0 amide bonds. The number of aromatic nitrogens is 2. The summed E-state index contributed by atoms with van der Waals surface area (Å²) >= 11 is 11.7. The van der Waals surface area contributed by atoms with E-state index in [1.807, 2.05) is 18.0 Å². The van der Waals surface area contributed by atoms with Gasteiger partial charge in [-0.05, 0) is 17.7 Å². The molecule has 1 aromatic heterocycles. The van der Waals surface area contributed by atoms with Crippen molar-refractivity contribution >= 4 is 28.9 Å². The van der Waals surface area contributed by atoms with E-state index in [9.17, 15) is 4.39 Å². The number of hydrogen-bond acceptors (Lipinski definition) is 3. The van der Waals surface area contributed by atoms with Gasteiger partial charge in [0.1, 0.15) is 5.82 Å². The van der Waals surface area contributed by atoms with Crippen LogP contribution in [-0.2, 0) is 6.54 Å². The normalized spacial score (nSPS) is 10.4. The maximum atomic E-state index is 13.1. The zero-order chi connectivity index (χ0) is 13.1. The number of rotatable bonds is 3. The second-order valence-corrected chi connectivity index (χ2v) is 4.57. The van der Waals surface area contributed by atoms with Gasteiger partial charge in [0.15, 0.2) is 10.3 Å². The Morgan fingerprint density at radius 1 is 1.22 bits per heavy atom. The lowest BCUT2D eigenvalue weighted by atomic mass is 10.2. The van der Waals surface area contributed by atoms with Crippen LogP contribution < -0.4 is 4.90 Å². The smallest absolute Gasteiger partial charge is 0.175 e. The van der Waals surface area contributed by atoms with Crippen LogP contribution in [0.25, 0.3) is 0 Å². The highest BCUT2D eigenvalue weighted by Gasteiger charge is 2.10. The molecule has 0 atom stereocenters. The third-order valence-corrected chi connectivity index (χ3v) is 2.87. The number of anilines is 1. The summed E-state index contributed by atoms with van der Waals surface area (Å²) in [7, 11) is 1.82. The van der Waals surface area contributed by atoms with E-state index in [-0.39, 0.29) is 16.1 Å². The Morgan fingerprint density at radius 2 is 2.00 bits per heavy atom. The monoisotopic (exact) mass is 285 g/mol. The number of halogens is 3. The summed E-state index contributed by atoms with van der Waals surface area (Å²) in [6, 6.07) is 8.00. The molecule has 0 aliphatic heterocycles. The van der Waals surface area contributed by atoms with Gasteiger partial charge in [0.05, 0.1) is 5.69 Å². The zero-order valence-electron chi connectivity index (χ0n) is 9.57. The van der Waals surface area contributed by atoms with E-state index in [1.54, 1.807) is 12.1 Å². The highest BCUT2D eigenvalue weighted by atomic mass is 35.5. The van der Waals surface area contributed by atoms with Crippen LogP contribution in [0.3, 0.4) is 0 Å². The van der Waals surface area contributed by atoms with Gasteiger partial charge < -0.3 is 4.90 Å². The van der Waals surface area contributed by atoms with Crippen molar-refractivity contribution in [1.29, 1.82) is 0 Å². The van der Waals surface area contributed by atoms with Crippen molar-refractivity contribution in [2.24, 2.45) is 0 Å². The first kappa shape index (κ1) is 13.1. The van der Waals surface area contributed by atoms with Gasteiger partial charge in [-0.2, -0.15) is 0 Å². The Labute approximate surface area is 114 Å². The summed E-state index contributed by atoms with van der Waals surface area (Å²) in [5.74, 6) is -0.266. The molecule has 0 N–H and O–H groups in total. The molecule has 1 aromatic carbocycles. The Kier molecular flexibility index (Phi) is 3.99. The maximum Gasteiger partial charge on any atom is 0.175 e.